The highest BCUT2D eigenvalue weighted by atomic mass is 16.5. The molecule has 0 aliphatic heterocycles. The van der Waals surface area contributed by atoms with Crippen LogP contribution in [0.25, 0.3) is 0 Å². The maximum Gasteiger partial charge on any atom is 0.229 e. The number of aryl methyl sites for hydroxylation is 1. The number of hydrogen-bond donors (Lipinski definition) is 2. The smallest absolute Gasteiger partial charge is 0.229 e. The monoisotopic (exact) mass is 366 g/mol. The van der Waals surface area contributed by atoms with Crippen molar-refractivity contribution in [3.63, 3.8) is 0 Å². The van der Waals surface area contributed by atoms with Gasteiger partial charge in [0.15, 0.2) is 11.5 Å². The van der Waals surface area contributed by atoms with E-state index in [1.54, 1.807) is 21.3 Å². The Bertz CT molecular complexity index is 914. The largest absolute Gasteiger partial charge is 0.497 e. The Kier molecular flexibility index (Phi) is 5.61. The predicted octanol–water partition coefficient (Wildman–Crippen LogP) is 4.30. The molecular weight excluding hydrogens is 344 g/mol. The number of anilines is 4. The molecule has 0 aliphatic carbocycles. The molecule has 0 aliphatic rings. The lowest BCUT2D eigenvalue weighted by Crippen LogP contribution is -2.02. The van der Waals surface area contributed by atoms with Gasteiger partial charge < -0.3 is 24.8 Å². The third kappa shape index (κ3) is 4.58. The van der Waals surface area contributed by atoms with E-state index >= 15 is 0 Å². The number of nitrogens with one attached hydrogen (secondary N) is 2. The first kappa shape index (κ1) is 18.3. The molecule has 0 amide bonds. The fourth-order valence-corrected chi connectivity index (χ4v) is 2.55. The van der Waals surface area contributed by atoms with Crippen LogP contribution in [-0.4, -0.2) is 31.3 Å². The first-order chi connectivity index (χ1) is 13.1. The summed E-state index contributed by atoms with van der Waals surface area (Å²) in [5.74, 6) is 3.28. The minimum Gasteiger partial charge on any atom is -0.497 e. The summed E-state index contributed by atoms with van der Waals surface area (Å²) in [6.07, 6.45) is 0. The summed E-state index contributed by atoms with van der Waals surface area (Å²) in [5, 5.41) is 6.47. The van der Waals surface area contributed by atoms with Gasteiger partial charge in [-0.05, 0) is 43.3 Å². The van der Waals surface area contributed by atoms with Crippen molar-refractivity contribution < 1.29 is 14.2 Å². The molecule has 0 spiro atoms. The molecule has 7 nitrogen and oxygen atoms in total. The first-order valence-electron chi connectivity index (χ1n) is 8.37. The summed E-state index contributed by atoms with van der Waals surface area (Å²) in [4.78, 5) is 8.96. The van der Waals surface area contributed by atoms with Crippen LogP contribution < -0.4 is 24.8 Å². The lowest BCUT2D eigenvalue weighted by atomic mass is 10.2. The number of ether oxygens (including phenoxy) is 3. The fourth-order valence-electron chi connectivity index (χ4n) is 2.55. The zero-order valence-electron chi connectivity index (χ0n) is 15.7. The third-order valence-corrected chi connectivity index (χ3v) is 3.86. The van der Waals surface area contributed by atoms with Crippen LogP contribution in [0.15, 0.2) is 48.5 Å². The van der Waals surface area contributed by atoms with E-state index in [0.29, 0.717) is 23.3 Å². The zero-order chi connectivity index (χ0) is 19.2. The van der Waals surface area contributed by atoms with Crippen LogP contribution in [0.4, 0.5) is 23.1 Å². The molecule has 0 unspecified atom stereocenters. The van der Waals surface area contributed by atoms with Gasteiger partial charge in [0.05, 0.1) is 21.3 Å². The number of benzene rings is 2. The van der Waals surface area contributed by atoms with Gasteiger partial charge in [-0.1, -0.05) is 0 Å². The van der Waals surface area contributed by atoms with Gasteiger partial charge in [0.25, 0.3) is 0 Å². The van der Waals surface area contributed by atoms with E-state index in [9.17, 15) is 0 Å². The molecule has 140 valence electrons. The SMILES string of the molecule is COc1ccc(Nc2nc(C)cc(Nc3ccc(OC)c(OC)c3)n2)cc1. The summed E-state index contributed by atoms with van der Waals surface area (Å²) < 4.78 is 15.8. The average molecular weight is 366 g/mol. The summed E-state index contributed by atoms with van der Waals surface area (Å²) in [7, 11) is 4.85. The molecule has 2 N–H and O–H groups in total. The second kappa shape index (κ2) is 8.27. The van der Waals surface area contributed by atoms with Crippen molar-refractivity contribution in [2.24, 2.45) is 0 Å². The van der Waals surface area contributed by atoms with Gasteiger partial charge >= 0.3 is 0 Å². The predicted molar refractivity (Wildman–Crippen MR) is 106 cm³/mol. The number of aromatic nitrogens is 2. The summed E-state index contributed by atoms with van der Waals surface area (Å²) in [5.41, 5.74) is 2.55. The number of hydrogen-bond acceptors (Lipinski definition) is 7. The molecular formula is C20H22N4O3. The summed E-state index contributed by atoms with van der Waals surface area (Å²) in [6.45, 7) is 1.92. The van der Waals surface area contributed by atoms with E-state index < -0.39 is 0 Å². The molecule has 0 saturated heterocycles. The normalized spacial score (nSPS) is 10.2. The quantitative estimate of drug-likeness (QED) is 0.645. The number of rotatable bonds is 7. The topological polar surface area (TPSA) is 77.5 Å². The van der Waals surface area contributed by atoms with Crippen molar-refractivity contribution in [3.05, 3.63) is 54.2 Å². The van der Waals surface area contributed by atoms with Gasteiger partial charge in [-0.15, -0.1) is 0 Å². The molecule has 0 atom stereocenters. The molecule has 1 heterocycles. The van der Waals surface area contributed by atoms with Gasteiger partial charge in [0.2, 0.25) is 5.95 Å². The van der Waals surface area contributed by atoms with Crippen molar-refractivity contribution in [2.75, 3.05) is 32.0 Å². The fraction of sp³-hybridized carbons (Fsp3) is 0.200. The molecule has 1 aromatic heterocycles. The van der Waals surface area contributed by atoms with Crippen LogP contribution >= 0.6 is 0 Å². The van der Waals surface area contributed by atoms with Crippen LogP contribution in [-0.2, 0) is 0 Å². The van der Waals surface area contributed by atoms with E-state index in [4.69, 9.17) is 14.2 Å². The molecule has 3 rings (SSSR count). The third-order valence-electron chi connectivity index (χ3n) is 3.86. The van der Waals surface area contributed by atoms with Crippen molar-refractivity contribution in [1.29, 1.82) is 0 Å². The second-order valence-corrected chi connectivity index (χ2v) is 5.77. The van der Waals surface area contributed by atoms with Crippen LogP contribution in [0.2, 0.25) is 0 Å². The van der Waals surface area contributed by atoms with Gasteiger partial charge in [-0.2, -0.15) is 4.98 Å². The Morgan fingerprint density at radius 2 is 1.41 bits per heavy atom. The molecule has 27 heavy (non-hydrogen) atoms. The maximum atomic E-state index is 5.34. The van der Waals surface area contributed by atoms with Gasteiger partial charge in [0, 0.05) is 29.2 Å². The van der Waals surface area contributed by atoms with Crippen LogP contribution in [0.5, 0.6) is 17.2 Å². The van der Waals surface area contributed by atoms with Crippen molar-refractivity contribution in [3.8, 4) is 17.2 Å². The van der Waals surface area contributed by atoms with E-state index in [1.807, 2.05) is 55.5 Å². The highest BCUT2D eigenvalue weighted by molar-refractivity contribution is 5.63. The molecule has 0 saturated carbocycles. The number of nitrogens with zero attached hydrogens (tertiary/aromatic N) is 2. The standard InChI is InChI=1S/C20H22N4O3/c1-13-11-19(22-15-7-10-17(26-3)18(12-15)27-4)24-20(21-13)23-14-5-8-16(25-2)9-6-14/h5-12H,1-4H3,(H2,21,22,23,24). The maximum absolute atomic E-state index is 5.34. The Morgan fingerprint density at radius 1 is 0.704 bits per heavy atom. The summed E-state index contributed by atoms with van der Waals surface area (Å²) >= 11 is 0. The van der Waals surface area contributed by atoms with Gasteiger partial charge in [0.1, 0.15) is 11.6 Å². The lowest BCUT2D eigenvalue weighted by Gasteiger charge is -2.12. The van der Waals surface area contributed by atoms with Crippen molar-refractivity contribution in [2.45, 2.75) is 6.92 Å². The molecule has 7 heteroatoms. The van der Waals surface area contributed by atoms with E-state index in [0.717, 1.165) is 22.8 Å². The minimum absolute atomic E-state index is 0.503. The zero-order valence-corrected chi connectivity index (χ0v) is 15.7. The molecule has 2 aromatic carbocycles. The van der Waals surface area contributed by atoms with E-state index in [1.165, 1.54) is 0 Å². The Labute approximate surface area is 158 Å². The van der Waals surface area contributed by atoms with Crippen LogP contribution in [0, 0.1) is 6.92 Å². The molecule has 0 fully saturated rings. The highest BCUT2D eigenvalue weighted by Gasteiger charge is 2.07. The molecule has 0 radical (unpaired) electrons. The van der Waals surface area contributed by atoms with Gasteiger partial charge in [-0.25, -0.2) is 4.98 Å². The Balaban J connectivity index is 1.80. The van der Waals surface area contributed by atoms with Crippen molar-refractivity contribution >= 4 is 23.1 Å². The minimum atomic E-state index is 0.503. The average Bonchev–Trinajstić information content (AvgIpc) is 2.68. The second-order valence-electron chi connectivity index (χ2n) is 5.77. The van der Waals surface area contributed by atoms with E-state index in [-0.39, 0.29) is 0 Å². The Morgan fingerprint density at radius 3 is 2.07 bits per heavy atom. The Hall–Kier alpha value is -3.48. The highest BCUT2D eigenvalue weighted by Crippen LogP contribution is 2.31. The first-order valence-corrected chi connectivity index (χ1v) is 8.37. The van der Waals surface area contributed by atoms with E-state index in [2.05, 4.69) is 20.6 Å². The summed E-state index contributed by atoms with van der Waals surface area (Å²) in [6, 6.07) is 15.0. The molecule has 3 aromatic rings. The molecule has 0 bridgehead atoms. The van der Waals surface area contributed by atoms with Crippen LogP contribution in [0.3, 0.4) is 0 Å². The lowest BCUT2D eigenvalue weighted by molar-refractivity contribution is 0.355. The number of methoxy groups -OCH3 is 3. The van der Waals surface area contributed by atoms with Crippen LogP contribution in [0.1, 0.15) is 5.69 Å². The van der Waals surface area contributed by atoms with Crippen molar-refractivity contribution in [1.82, 2.24) is 9.97 Å². The van der Waals surface area contributed by atoms with Gasteiger partial charge in [-0.3, -0.25) is 0 Å².